The van der Waals surface area contributed by atoms with Crippen LogP contribution in [-0.4, -0.2) is 52.1 Å². The monoisotopic (exact) mass is 526 g/mol. The molecule has 0 aliphatic carbocycles. The van der Waals surface area contributed by atoms with Gasteiger partial charge in [-0.1, -0.05) is 31.1 Å². The quantitative estimate of drug-likeness (QED) is 0.345. The lowest BCUT2D eigenvalue weighted by Gasteiger charge is -2.21. The van der Waals surface area contributed by atoms with Gasteiger partial charge in [-0.05, 0) is 54.5 Å². The summed E-state index contributed by atoms with van der Waals surface area (Å²) in [6.45, 7) is 8.48. The molecule has 0 unspecified atom stereocenters. The molecule has 4 heterocycles. The molecule has 0 saturated carbocycles. The van der Waals surface area contributed by atoms with Gasteiger partial charge in [0.15, 0.2) is 15.7 Å². The molecule has 5 rings (SSSR count). The van der Waals surface area contributed by atoms with Crippen LogP contribution in [0, 0.1) is 6.92 Å². The van der Waals surface area contributed by atoms with E-state index in [9.17, 15) is 8.42 Å². The van der Waals surface area contributed by atoms with Crippen LogP contribution in [0.5, 0.6) is 5.19 Å². The third-order valence-electron chi connectivity index (χ3n) is 5.84. The molecule has 12 heteroatoms. The van der Waals surface area contributed by atoms with Crippen LogP contribution in [0.3, 0.4) is 0 Å². The molecular formula is C24H26N6O4S2. The fourth-order valence-corrected chi connectivity index (χ4v) is 5.28. The number of aromatic nitrogens is 5. The molecule has 0 spiro atoms. The van der Waals surface area contributed by atoms with Gasteiger partial charge in [-0.25, -0.2) is 17.9 Å². The fraction of sp³-hybridized carbons (Fsp3) is 0.333. The van der Waals surface area contributed by atoms with Gasteiger partial charge in [0.1, 0.15) is 6.10 Å². The summed E-state index contributed by atoms with van der Waals surface area (Å²) in [7, 11) is -3.26. The zero-order valence-electron chi connectivity index (χ0n) is 20.5. The number of anilines is 1. The number of rotatable bonds is 7. The standard InChI is InChI=1S/C24H26N6O4S2/c1-14(2)21-26-22(34-28-21)29-10-8-17(9-11-29)16(4)33-24-27-30-13-20(25-23(30)35-24)19-7-6-18(12-15(19)3)36(5,31)32/h6-10,12-14,16H,11H2,1-5H3/t16-/m0/s1. The average molecular weight is 527 g/mol. The van der Waals surface area contributed by atoms with Gasteiger partial charge in [0.25, 0.3) is 5.19 Å². The number of hydrogen-bond donors (Lipinski definition) is 0. The van der Waals surface area contributed by atoms with E-state index in [0.717, 1.165) is 22.4 Å². The van der Waals surface area contributed by atoms with Crippen molar-refractivity contribution >= 4 is 32.1 Å². The van der Waals surface area contributed by atoms with Gasteiger partial charge in [0, 0.05) is 30.5 Å². The SMILES string of the molecule is Cc1cc(S(C)(=O)=O)ccc1-c1cn2nc(O[C@@H](C)C3=CCN(c4nc(C(C)C)no4)C=C3)sc2n1. The molecule has 0 N–H and O–H groups in total. The molecule has 188 valence electrons. The molecule has 0 bridgehead atoms. The molecule has 10 nitrogen and oxygen atoms in total. The number of ether oxygens (including phenoxy) is 1. The lowest BCUT2D eigenvalue weighted by Crippen LogP contribution is -2.23. The van der Waals surface area contributed by atoms with E-state index in [1.54, 1.807) is 22.7 Å². The Labute approximate surface area is 212 Å². The van der Waals surface area contributed by atoms with Crippen LogP contribution in [0.15, 0.2) is 57.7 Å². The second kappa shape index (κ2) is 9.17. The van der Waals surface area contributed by atoms with Crippen molar-refractivity contribution in [2.75, 3.05) is 17.7 Å². The van der Waals surface area contributed by atoms with E-state index in [1.165, 1.54) is 17.6 Å². The number of benzene rings is 1. The first-order chi connectivity index (χ1) is 17.1. The van der Waals surface area contributed by atoms with E-state index < -0.39 is 9.84 Å². The maximum Gasteiger partial charge on any atom is 0.328 e. The Morgan fingerprint density at radius 1 is 1.19 bits per heavy atom. The first-order valence-electron chi connectivity index (χ1n) is 11.4. The zero-order valence-corrected chi connectivity index (χ0v) is 22.2. The molecule has 36 heavy (non-hydrogen) atoms. The highest BCUT2D eigenvalue weighted by Gasteiger charge is 2.20. The van der Waals surface area contributed by atoms with Crippen LogP contribution in [0.2, 0.25) is 0 Å². The second-order valence-corrected chi connectivity index (χ2v) is 11.9. The van der Waals surface area contributed by atoms with Gasteiger partial charge in [-0.15, -0.1) is 5.10 Å². The molecule has 1 aromatic carbocycles. The lowest BCUT2D eigenvalue weighted by atomic mass is 10.1. The molecule has 0 amide bonds. The summed E-state index contributed by atoms with van der Waals surface area (Å²) in [5.74, 6) is 0.888. The molecule has 1 atom stereocenters. The van der Waals surface area contributed by atoms with E-state index in [-0.39, 0.29) is 12.0 Å². The average Bonchev–Trinajstić information content (AvgIpc) is 3.54. The van der Waals surface area contributed by atoms with Crippen molar-refractivity contribution in [3.05, 3.63) is 59.7 Å². The number of sulfone groups is 1. The third kappa shape index (κ3) is 4.78. The molecular weight excluding hydrogens is 500 g/mol. The highest BCUT2D eigenvalue weighted by Crippen LogP contribution is 2.30. The molecule has 4 aromatic rings. The first-order valence-corrected chi connectivity index (χ1v) is 14.1. The van der Waals surface area contributed by atoms with Crippen LogP contribution in [0.25, 0.3) is 16.2 Å². The van der Waals surface area contributed by atoms with Crippen molar-refractivity contribution in [1.29, 1.82) is 0 Å². The molecule has 1 aliphatic heterocycles. The number of hydrogen-bond acceptors (Lipinski definition) is 10. The van der Waals surface area contributed by atoms with E-state index in [2.05, 4.69) is 26.3 Å². The minimum atomic E-state index is -3.26. The fourth-order valence-electron chi connectivity index (χ4n) is 3.76. The minimum absolute atomic E-state index is 0.204. The Balaban J connectivity index is 1.26. The molecule has 3 aromatic heterocycles. The lowest BCUT2D eigenvalue weighted by molar-refractivity contribution is 0.256. The molecule has 1 aliphatic rings. The summed E-state index contributed by atoms with van der Waals surface area (Å²) in [4.78, 5) is 12.0. The number of nitrogens with zero attached hydrogens (tertiary/aromatic N) is 6. The van der Waals surface area contributed by atoms with E-state index in [4.69, 9.17) is 9.26 Å². The van der Waals surface area contributed by atoms with Gasteiger partial charge in [0.05, 0.1) is 16.8 Å². The Kier molecular flexibility index (Phi) is 6.17. The molecule has 0 fully saturated rings. The van der Waals surface area contributed by atoms with E-state index in [1.807, 2.05) is 51.1 Å². The normalized spacial score (nSPS) is 15.1. The highest BCUT2D eigenvalue weighted by molar-refractivity contribution is 7.90. The van der Waals surface area contributed by atoms with Gasteiger partial charge < -0.3 is 9.26 Å². The summed E-state index contributed by atoms with van der Waals surface area (Å²) in [6.07, 6.45) is 8.74. The summed E-state index contributed by atoms with van der Waals surface area (Å²) in [5.41, 5.74) is 3.44. The predicted molar refractivity (Wildman–Crippen MR) is 137 cm³/mol. The predicted octanol–water partition coefficient (Wildman–Crippen LogP) is 4.40. The highest BCUT2D eigenvalue weighted by atomic mass is 32.2. The topological polar surface area (TPSA) is 116 Å². The van der Waals surface area contributed by atoms with Crippen LogP contribution in [0.1, 0.15) is 38.1 Å². The third-order valence-corrected chi connectivity index (χ3v) is 7.76. The molecule has 0 radical (unpaired) electrons. The van der Waals surface area contributed by atoms with Crippen molar-refractivity contribution in [2.24, 2.45) is 0 Å². The smallest absolute Gasteiger partial charge is 0.328 e. The zero-order chi connectivity index (χ0) is 25.6. The van der Waals surface area contributed by atoms with Gasteiger partial charge in [-0.2, -0.15) is 4.98 Å². The van der Waals surface area contributed by atoms with Gasteiger partial charge >= 0.3 is 6.01 Å². The van der Waals surface area contributed by atoms with Crippen molar-refractivity contribution < 1.29 is 17.7 Å². The summed E-state index contributed by atoms with van der Waals surface area (Å²) >= 11 is 1.35. The Morgan fingerprint density at radius 3 is 2.61 bits per heavy atom. The van der Waals surface area contributed by atoms with Crippen molar-refractivity contribution in [3.8, 4) is 16.5 Å². The second-order valence-electron chi connectivity index (χ2n) is 8.99. The van der Waals surface area contributed by atoms with Crippen LogP contribution in [-0.2, 0) is 9.84 Å². The van der Waals surface area contributed by atoms with Gasteiger partial charge in [-0.3, -0.25) is 4.90 Å². The van der Waals surface area contributed by atoms with E-state index >= 15 is 0 Å². The number of imidazole rings is 1. The maximum absolute atomic E-state index is 11.8. The summed E-state index contributed by atoms with van der Waals surface area (Å²) in [5, 5.41) is 9.05. The Morgan fingerprint density at radius 2 is 2.00 bits per heavy atom. The van der Waals surface area contributed by atoms with Crippen LogP contribution >= 0.6 is 11.3 Å². The van der Waals surface area contributed by atoms with Crippen LogP contribution < -0.4 is 9.64 Å². The van der Waals surface area contributed by atoms with Crippen LogP contribution in [0.4, 0.5) is 6.01 Å². The first kappa shape index (κ1) is 24.2. The van der Waals surface area contributed by atoms with Crippen molar-refractivity contribution in [1.82, 2.24) is 24.7 Å². The molecule has 0 saturated heterocycles. The number of fused-ring (bicyclic) bond motifs is 1. The number of aryl methyl sites for hydroxylation is 1. The van der Waals surface area contributed by atoms with Gasteiger partial charge in [0.2, 0.25) is 4.96 Å². The van der Waals surface area contributed by atoms with Crippen molar-refractivity contribution in [3.63, 3.8) is 0 Å². The van der Waals surface area contributed by atoms with E-state index in [0.29, 0.717) is 33.4 Å². The van der Waals surface area contributed by atoms with Crippen molar-refractivity contribution in [2.45, 2.75) is 44.6 Å². The Hall–Kier alpha value is -3.51. The summed E-state index contributed by atoms with van der Waals surface area (Å²) < 4.78 is 36.8. The Bertz CT molecular complexity index is 1560. The minimum Gasteiger partial charge on any atom is -0.461 e. The maximum atomic E-state index is 11.8. The largest absolute Gasteiger partial charge is 0.461 e. The summed E-state index contributed by atoms with van der Waals surface area (Å²) in [6, 6.07) is 5.51.